The van der Waals surface area contributed by atoms with Gasteiger partial charge in [0.15, 0.2) is 0 Å². The van der Waals surface area contributed by atoms with Gasteiger partial charge < -0.3 is 15.2 Å². The molecule has 1 aliphatic heterocycles. The summed E-state index contributed by atoms with van der Waals surface area (Å²) in [6.45, 7) is 5.48. The van der Waals surface area contributed by atoms with Gasteiger partial charge in [-0.15, -0.1) is 0 Å². The number of nitrogens with zero attached hydrogens (tertiary/aromatic N) is 1. The van der Waals surface area contributed by atoms with Gasteiger partial charge in [0.25, 0.3) is 0 Å². The van der Waals surface area contributed by atoms with Crippen LogP contribution in [0.25, 0.3) is 0 Å². The first-order chi connectivity index (χ1) is 10.7. The van der Waals surface area contributed by atoms with Crippen LogP contribution >= 0.6 is 0 Å². The molecule has 1 aliphatic rings. The summed E-state index contributed by atoms with van der Waals surface area (Å²) in [7, 11) is 0. The van der Waals surface area contributed by atoms with Crippen molar-refractivity contribution in [2.75, 3.05) is 39.4 Å². The third-order valence-corrected chi connectivity index (χ3v) is 4.02. The minimum absolute atomic E-state index is 0.0373. The number of hydrogen-bond acceptors (Lipinski definition) is 4. The summed E-state index contributed by atoms with van der Waals surface area (Å²) in [6, 6.07) is 7.88. The quantitative estimate of drug-likeness (QED) is 0.743. The Hall–Kier alpha value is -1.59. The lowest BCUT2D eigenvalue weighted by Gasteiger charge is -2.30. The van der Waals surface area contributed by atoms with Gasteiger partial charge in [0.2, 0.25) is 5.91 Å². The van der Waals surface area contributed by atoms with Gasteiger partial charge in [-0.05, 0) is 56.5 Å². The maximum Gasteiger partial charge on any atom is 0.234 e. The highest BCUT2D eigenvalue weighted by atomic mass is 16.5. The van der Waals surface area contributed by atoms with Gasteiger partial charge in [-0.3, -0.25) is 9.69 Å². The standard InChI is InChI=1S/C17H26N2O3/c1-14-3-2-4-16(11-14)22-10-7-18-17(21)12-19-8-5-15(13-20)6-9-19/h2-4,11,15,20H,5-10,12-13H2,1H3,(H,18,21). The number of aryl methyl sites for hydroxylation is 1. The van der Waals surface area contributed by atoms with Gasteiger partial charge in [0, 0.05) is 6.61 Å². The zero-order chi connectivity index (χ0) is 15.8. The van der Waals surface area contributed by atoms with Crippen LogP contribution in [0, 0.1) is 12.8 Å². The molecule has 1 amide bonds. The molecule has 0 aromatic heterocycles. The van der Waals surface area contributed by atoms with E-state index in [0.29, 0.717) is 25.6 Å². The second kappa shape index (κ2) is 8.76. The number of carbonyl (C=O) groups is 1. The molecule has 5 nitrogen and oxygen atoms in total. The van der Waals surface area contributed by atoms with E-state index in [1.165, 1.54) is 0 Å². The molecule has 22 heavy (non-hydrogen) atoms. The number of aliphatic hydroxyl groups excluding tert-OH is 1. The van der Waals surface area contributed by atoms with Crippen LogP contribution in [0.1, 0.15) is 18.4 Å². The van der Waals surface area contributed by atoms with E-state index in [4.69, 9.17) is 9.84 Å². The van der Waals surface area contributed by atoms with Gasteiger partial charge in [-0.25, -0.2) is 0 Å². The van der Waals surface area contributed by atoms with Crippen molar-refractivity contribution in [3.63, 3.8) is 0 Å². The van der Waals surface area contributed by atoms with Crippen LogP contribution in [0.2, 0.25) is 0 Å². The van der Waals surface area contributed by atoms with E-state index in [1.54, 1.807) is 0 Å². The maximum atomic E-state index is 11.9. The molecule has 0 bridgehead atoms. The summed E-state index contributed by atoms with van der Waals surface area (Å²) in [5.74, 6) is 1.28. The Morgan fingerprint density at radius 1 is 1.41 bits per heavy atom. The van der Waals surface area contributed by atoms with E-state index < -0.39 is 0 Å². The first-order valence-corrected chi connectivity index (χ1v) is 7.97. The van der Waals surface area contributed by atoms with Crippen LogP contribution in [0.5, 0.6) is 5.75 Å². The molecule has 0 spiro atoms. The van der Waals surface area contributed by atoms with Crippen molar-refractivity contribution in [1.29, 1.82) is 0 Å². The number of rotatable bonds is 7. The molecule has 2 N–H and O–H groups in total. The van der Waals surface area contributed by atoms with E-state index in [0.717, 1.165) is 37.2 Å². The summed E-state index contributed by atoms with van der Waals surface area (Å²) in [6.07, 6.45) is 1.94. The van der Waals surface area contributed by atoms with Crippen molar-refractivity contribution in [1.82, 2.24) is 10.2 Å². The first-order valence-electron chi connectivity index (χ1n) is 7.97. The molecule has 0 atom stereocenters. The number of nitrogens with one attached hydrogen (secondary N) is 1. The van der Waals surface area contributed by atoms with Crippen molar-refractivity contribution in [2.45, 2.75) is 19.8 Å². The Kier molecular flexibility index (Phi) is 6.68. The predicted molar refractivity (Wildman–Crippen MR) is 85.9 cm³/mol. The molecular formula is C17H26N2O3. The summed E-state index contributed by atoms with van der Waals surface area (Å²) in [5.41, 5.74) is 1.16. The topological polar surface area (TPSA) is 61.8 Å². The van der Waals surface area contributed by atoms with E-state index in [9.17, 15) is 4.79 Å². The molecule has 1 saturated heterocycles. The monoisotopic (exact) mass is 306 g/mol. The van der Waals surface area contributed by atoms with Crippen LogP contribution in [0.3, 0.4) is 0 Å². The van der Waals surface area contributed by atoms with Gasteiger partial charge in [0.05, 0.1) is 13.1 Å². The maximum absolute atomic E-state index is 11.9. The third kappa shape index (κ3) is 5.66. The smallest absolute Gasteiger partial charge is 0.234 e. The Labute approximate surface area is 132 Å². The number of piperidine rings is 1. The van der Waals surface area contributed by atoms with Crippen LogP contribution in [-0.2, 0) is 4.79 Å². The van der Waals surface area contributed by atoms with Crippen molar-refractivity contribution in [3.05, 3.63) is 29.8 Å². The van der Waals surface area contributed by atoms with Gasteiger partial charge in [-0.2, -0.15) is 0 Å². The average Bonchev–Trinajstić information content (AvgIpc) is 2.52. The summed E-state index contributed by atoms with van der Waals surface area (Å²) < 4.78 is 5.60. The number of benzene rings is 1. The summed E-state index contributed by atoms with van der Waals surface area (Å²) in [5, 5.41) is 12.0. The van der Waals surface area contributed by atoms with E-state index >= 15 is 0 Å². The Morgan fingerprint density at radius 2 is 2.18 bits per heavy atom. The van der Waals surface area contributed by atoms with Gasteiger partial charge in [0.1, 0.15) is 12.4 Å². The third-order valence-electron chi connectivity index (χ3n) is 4.02. The Bertz CT molecular complexity index is 471. The van der Waals surface area contributed by atoms with Crippen LogP contribution in [0.15, 0.2) is 24.3 Å². The van der Waals surface area contributed by atoms with E-state index in [1.807, 2.05) is 31.2 Å². The molecular weight excluding hydrogens is 280 g/mol. The molecule has 1 aromatic rings. The fourth-order valence-electron chi connectivity index (χ4n) is 2.65. The van der Waals surface area contributed by atoms with Gasteiger partial charge in [-0.1, -0.05) is 12.1 Å². The van der Waals surface area contributed by atoms with Crippen LogP contribution in [-0.4, -0.2) is 55.3 Å². The fourth-order valence-corrected chi connectivity index (χ4v) is 2.65. The minimum atomic E-state index is 0.0373. The predicted octanol–water partition coefficient (Wildman–Crippen LogP) is 1.19. The fraction of sp³-hybridized carbons (Fsp3) is 0.588. The highest BCUT2D eigenvalue weighted by molar-refractivity contribution is 5.78. The average molecular weight is 306 g/mol. The first kappa shape index (κ1) is 16.8. The number of amides is 1. The number of aliphatic hydroxyl groups is 1. The van der Waals surface area contributed by atoms with Gasteiger partial charge >= 0.3 is 0 Å². The number of ether oxygens (including phenoxy) is 1. The summed E-state index contributed by atoms with van der Waals surface area (Å²) >= 11 is 0. The second-order valence-corrected chi connectivity index (χ2v) is 5.92. The summed E-state index contributed by atoms with van der Waals surface area (Å²) in [4.78, 5) is 14.0. The zero-order valence-corrected chi connectivity index (χ0v) is 13.3. The highest BCUT2D eigenvalue weighted by Gasteiger charge is 2.19. The molecule has 0 radical (unpaired) electrons. The normalized spacial score (nSPS) is 16.5. The molecule has 1 heterocycles. The highest BCUT2D eigenvalue weighted by Crippen LogP contribution is 2.15. The van der Waals surface area contributed by atoms with E-state index in [-0.39, 0.29) is 12.5 Å². The van der Waals surface area contributed by atoms with Crippen molar-refractivity contribution in [3.8, 4) is 5.75 Å². The lowest BCUT2D eigenvalue weighted by molar-refractivity contribution is -0.122. The number of carbonyl (C=O) groups excluding carboxylic acids is 1. The minimum Gasteiger partial charge on any atom is -0.492 e. The Balaban J connectivity index is 1.58. The second-order valence-electron chi connectivity index (χ2n) is 5.92. The largest absolute Gasteiger partial charge is 0.492 e. The Morgan fingerprint density at radius 3 is 2.86 bits per heavy atom. The van der Waals surface area contributed by atoms with Crippen LogP contribution in [0.4, 0.5) is 0 Å². The molecule has 1 aromatic carbocycles. The molecule has 0 unspecified atom stereocenters. The molecule has 122 valence electrons. The van der Waals surface area contributed by atoms with Crippen molar-refractivity contribution in [2.24, 2.45) is 5.92 Å². The number of hydrogen-bond donors (Lipinski definition) is 2. The van der Waals surface area contributed by atoms with Crippen molar-refractivity contribution >= 4 is 5.91 Å². The zero-order valence-electron chi connectivity index (χ0n) is 13.3. The molecule has 2 rings (SSSR count). The van der Waals surface area contributed by atoms with Crippen molar-refractivity contribution < 1.29 is 14.6 Å². The van der Waals surface area contributed by atoms with E-state index in [2.05, 4.69) is 10.2 Å². The molecule has 0 saturated carbocycles. The lowest BCUT2D eigenvalue weighted by Crippen LogP contribution is -2.42. The SMILES string of the molecule is Cc1cccc(OCCNC(=O)CN2CCC(CO)CC2)c1. The van der Waals surface area contributed by atoms with Crippen LogP contribution < -0.4 is 10.1 Å². The molecule has 5 heteroatoms. The number of likely N-dealkylation sites (tertiary alicyclic amines) is 1. The molecule has 0 aliphatic carbocycles. The lowest BCUT2D eigenvalue weighted by atomic mass is 9.98. The molecule has 1 fully saturated rings.